The molecule has 0 aliphatic rings. The highest BCUT2D eigenvalue weighted by Gasteiger charge is 2.27. The van der Waals surface area contributed by atoms with E-state index in [1.54, 1.807) is 42.5 Å². The van der Waals surface area contributed by atoms with Crippen molar-refractivity contribution in [2.75, 3.05) is 10.8 Å². The number of nitro benzene ring substituents is 1. The van der Waals surface area contributed by atoms with Crippen LogP contribution in [0.5, 0.6) is 0 Å². The molecule has 0 fully saturated rings. The lowest BCUT2D eigenvalue weighted by Gasteiger charge is -2.23. The van der Waals surface area contributed by atoms with Gasteiger partial charge in [-0.25, -0.2) is 13.8 Å². The van der Waals surface area contributed by atoms with E-state index in [0.717, 1.165) is 9.87 Å². The van der Waals surface area contributed by atoms with E-state index in [9.17, 15) is 23.3 Å². The molecule has 0 unspecified atom stereocenters. The number of nitrogens with zero attached hydrogens (tertiary/aromatic N) is 3. The minimum Gasteiger partial charge on any atom is -0.271 e. The molecule has 1 N–H and O–H groups in total. The second-order valence-electron chi connectivity index (χ2n) is 6.80. The Kier molecular flexibility index (Phi) is 6.96. The Labute approximate surface area is 185 Å². The number of anilines is 1. The molecular weight excluding hydrogens is 432 g/mol. The first kappa shape index (κ1) is 22.6. The fourth-order valence-corrected chi connectivity index (χ4v) is 4.19. The van der Waals surface area contributed by atoms with Crippen molar-refractivity contribution in [2.45, 2.75) is 11.8 Å². The average molecular weight is 452 g/mol. The van der Waals surface area contributed by atoms with E-state index >= 15 is 0 Å². The zero-order valence-electron chi connectivity index (χ0n) is 17.1. The van der Waals surface area contributed by atoms with Crippen LogP contribution in [0.25, 0.3) is 0 Å². The number of aryl methyl sites for hydroxylation is 1. The van der Waals surface area contributed by atoms with E-state index in [1.807, 2.05) is 6.92 Å². The standard InChI is InChI=1S/C22H20N4O5S/c1-17-7-13-21(14-8-17)32(30,31)25(19-5-3-2-4-6-19)16-22(27)24-23-15-18-9-11-20(12-10-18)26(28)29/h2-15H,16H2,1H3,(H,24,27)/b23-15-. The maximum absolute atomic E-state index is 13.2. The number of nitrogens with one attached hydrogen (secondary N) is 1. The van der Waals surface area contributed by atoms with Crippen LogP contribution in [0.4, 0.5) is 11.4 Å². The predicted octanol–water partition coefficient (Wildman–Crippen LogP) is 3.25. The lowest BCUT2D eigenvalue weighted by molar-refractivity contribution is -0.384. The zero-order valence-corrected chi connectivity index (χ0v) is 17.9. The van der Waals surface area contributed by atoms with Gasteiger partial charge in [-0.1, -0.05) is 35.9 Å². The molecule has 3 rings (SSSR count). The first-order valence-corrected chi connectivity index (χ1v) is 10.9. The van der Waals surface area contributed by atoms with Crippen molar-refractivity contribution in [3.63, 3.8) is 0 Å². The third kappa shape index (κ3) is 5.55. The van der Waals surface area contributed by atoms with Crippen LogP contribution in [0.3, 0.4) is 0 Å². The van der Waals surface area contributed by atoms with E-state index in [-0.39, 0.29) is 10.6 Å². The number of nitro groups is 1. The number of para-hydroxylation sites is 1. The van der Waals surface area contributed by atoms with E-state index in [1.165, 1.54) is 42.6 Å². The van der Waals surface area contributed by atoms with E-state index in [2.05, 4.69) is 10.5 Å². The van der Waals surface area contributed by atoms with E-state index in [0.29, 0.717) is 11.3 Å². The summed E-state index contributed by atoms with van der Waals surface area (Å²) >= 11 is 0. The number of hydrogen-bond donors (Lipinski definition) is 1. The smallest absolute Gasteiger partial charge is 0.269 e. The van der Waals surface area contributed by atoms with Crippen molar-refractivity contribution in [2.24, 2.45) is 5.10 Å². The molecule has 0 aromatic heterocycles. The molecule has 32 heavy (non-hydrogen) atoms. The van der Waals surface area contributed by atoms with Crippen molar-refractivity contribution in [3.05, 3.63) is 100 Å². The SMILES string of the molecule is Cc1ccc(S(=O)(=O)N(CC(=O)N/N=C\c2ccc([N+](=O)[O-])cc2)c2ccccc2)cc1. The maximum atomic E-state index is 13.2. The van der Waals surface area contributed by atoms with E-state index < -0.39 is 27.4 Å². The number of amides is 1. The van der Waals surface area contributed by atoms with Crippen LogP contribution in [0.15, 0.2) is 88.9 Å². The highest BCUT2D eigenvalue weighted by Crippen LogP contribution is 2.23. The van der Waals surface area contributed by atoms with Gasteiger partial charge in [0, 0.05) is 12.1 Å². The van der Waals surface area contributed by atoms with Crippen molar-refractivity contribution >= 4 is 33.5 Å². The molecule has 0 aliphatic heterocycles. The van der Waals surface area contributed by atoms with Gasteiger partial charge in [0.05, 0.1) is 21.7 Å². The van der Waals surface area contributed by atoms with Gasteiger partial charge >= 0.3 is 0 Å². The van der Waals surface area contributed by atoms with Crippen LogP contribution in [0.2, 0.25) is 0 Å². The fraction of sp³-hybridized carbons (Fsp3) is 0.0909. The van der Waals surface area contributed by atoms with Crippen molar-refractivity contribution in [1.82, 2.24) is 5.43 Å². The molecule has 3 aromatic carbocycles. The summed E-state index contributed by atoms with van der Waals surface area (Å²) in [5, 5.41) is 14.5. The van der Waals surface area contributed by atoms with Gasteiger partial charge < -0.3 is 0 Å². The van der Waals surface area contributed by atoms with Crippen LogP contribution in [0.1, 0.15) is 11.1 Å². The van der Waals surface area contributed by atoms with Crippen LogP contribution in [-0.4, -0.2) is 32.0 Å². The summed E-state index contributed by atoms with van der Waals surface area (Å²) in [7, 11) is -4.00. The molecule has 0 heterocycles. The molecule has 0 radical (unpaired) electrons. The number of hydrazone groups is 1. The summed E-state index contributed by atoms with van der Waals surface area (Å²) in [5.41, 5.74) is 4.01. The Bertz CT molecular complexity index is 1230. The third-order valence-electron chi connectivity index (χ3n) is 4.45. The largest absolute Gasteiger partial charge is 0.271 e. The van der Waals surface area contributed by atoms with Gasteiger partial charge in [-0.05, 0) is 48.9 Å². The second kappa shape index (κ2) is 9.84. The van der Waals surface area contributed by atoms with Crippen LogP contribution in [-0.2, 0) is 14.8 Å². The Balaban J connectivity index is 1.77. The normalized spacial score (nSPS) is 11.3. The van der Waals surface area contributed by atoms with Gasteiger partial charge in [-0.15, -0.1) is 0 Å². The first-order valence-electron chi connectivity index (χ1n) is 9.48. The predicted molar refractivity (Wildman–Crippen MR) is 121 cm³/mol. The summed E-state index contributed by atoms with van der Waals surface area (Å²) in [6.07, 6.45) is 1.31. The number of rotatable bonds is 8. The van der Waals surface area contributed by atoms with Gasteiger partial charge in [0.25, 0.3) is 21.6 Å². The van der Waals surface area contributed by atoms with Crippen molar-refractivity contribution < 1.29 is 18.1 Å². The molecule has 9 nitrogen and oxygen atoms in total. The van der Waals surface area contributed by atoms with Gasteiger partial charge in [0.1, 0.15) is 6.54 Å². The van der Waals surface area contributed by atoms with E-state index in [4.69, 9.17) is 0 Å². The summed E-state index contributed by atoms with van der Waals surface area (Å²) in [6.45, 7) is 1.36. The summed E-state index contributed by atoms with van der Waals surface area (Å²) in [4.78, 5) is 22.7. The Morgan fingerprint density at radius 2 is 1.66 bits per heavy atom. The maximum Gasteiger partial charge on any atom is 0.269 e. The molecule has 164 valence electrons. The van der Waals surface area contributed by atoms with Gasteiger partial charge in [0.2, 0.25) is 0 Å². The summed E-state index contributed by atoms with van der Waals surface area (Å²) in [6, 6.07) is 20.2. The van der Waals surface area contributed by atoms with Gasteiger partial charge in [-0.3, -0.25) is 19.2 Å². The minimum absolute atomic E-state index is 0.0639. The number of hydrogen-bond acceptors (Lipinski definition) is 6. The average Bonchev–Trinajstić information content (AvgIpc) is 2.78. The lowest BCUT2D eigenvalue weighted by atomic mass is 10.2. The molecule has 0 saturated heterocycles. The van der Waals surface area contributed by atoms with Crippen LogP contribution in [0, 0.1) is 17.0 Å². The number of carbonyl (C=O) groups excluding carboxylic acids is 1. The molecule has 0 atom stereocenters. The summed E-state index contributed by atoms with van der Waals surface area (Å²) < 4.78 is 27.4. The minimum atomic E-state index is -4.00. The molecule has 3 aromatic rings. The number of sulfonamides is 1. The van der Waals surface area contributed by atoms with Crippen LogP contribution >= 0.6 is 0 Å². The Morgan fingerprint density at radius 3 is 2.25 bits per heavy atom. The lowest BCUT2D eigenvalue weighted by Crippen LogP contribution is -2.39. The first-order chi connectivity index (χ1) is 15.3. The topological polar surface area (TPSA) is 122 Å². The van der Waals surface area contributed by atoms with Gasteiger partial charge in [0.15, 0.2) is 0 Å². The summed E-state index contributed by atoms with van der Waals surface area (Å²) in [5.74, 6) is -0.650. The number of carbonyl (C=O) groups is 1. The highest BCUT2D eigenvalue weighted by molar-refractivity contribution is 7.92. The second-order valence-corrected chi connectivity index (χ2v) is 8.66. The fourth-order valence-electron chi connectivity index (χ4n) is 2.77. The third-order valence-corrected chi connectivity index (χ3v) is 6.24. The van der Waals surface area contributed by atoms with Crippen molar-refractivity contribution in [1.29, 1.82) is 0 Å². The number of non-ortho nitro benzene ring substituents is 1. The molecule has 1 amide bonds. The Hall–Kier alpha value is -4.05. The zero-order chi connectivity index (χ0) is 23.1. The monoisotopic (exact) mass is 452 g/mol. The number of benzene rings is 3. The quantitative estimate of drug-likeness (QED) is 0.319. The molecule has 0 saturated carbocycles. The van der Waals surface area contributed by atoms with Crippen molar-refractivity contribution in [3.8, 4) is 0 Å². The molecule has 0 spiro atoms. The van der Waals surface area contributed by atoms with Crippen LogP contribution < -0.4 is 9.73 Å². The van der Waals surface area contributed by atoms with Gasteiger partial charge in [-0.2, -0.15) is 5.10 Å². The molecular formula is C22H20N4O5S. The molecule has 0 aliphatic carbocycles. The molecule has 10 heteroatoms. The Morgan fingerprint density at radius 1 is 1.03 bits per heavy atom. The molecule has 0 bridgehead atoms. The highest BCUT2D eigenvalue weighted by atomic mass is 32.2.